The van der Waals surface area contributed by atoms with Gasteiger partial charge in [0, 0.05) is 27.9 Å². The van der Waals surface area contributed by atoms with Crippen LogP contribution in [0.15, 0.2) is 64.0 Å². The number of hydrogen-bond acceptors (Lipinski definition) is 6. The van der Waals surface area contributed by atoms with Gasteiger partial charge in [-0.05, 0) is 48.6 Å². The molecule has 0 saturated carbocycles. The zero-order valence-electron chi connectivity index (χ0n) is 18.3. The first-order chi connectivity index (χ1) is 15.8. The van der Waals surface area contributed by atoms with Crippen LogP contribution in [0.4, 0.5) is 16.2 Å². The molecular weight excluding hydrogens is 444 g/mol. The van der Waals surface area contributed by atoms with E-state index in [9.17, 15) is 19.5 Å². The maximum Gasteiger partial charge on any atom is 0.326 e. The number of urea groups is 1. The lowest BCUT2D eigenvalue weighted by Gasteiger charge is -2.16. The minimum absolute atomic E-state index is 0.0917. The van der Waals surface area contributed by atoms with Crippen LogP contribution in [0.5, 0.6) is 0 Å². The molecule has 10 heteroatoms. The van der Waals surface area contributed by atoms with E-state index < -0.39 is 17.9 Å². The highest BCUT2D eigenvalue weighted by molar-refractivity contribution is 7.98. The van der Waals surface area contributed by atoms with Crippen molar-refractivity contribution in [2.45, 2.75) is 24.8 Å². The number of carboxylic acids is 1. The fourth-order valence-corrected chi connectivity index (χ4v) is 3.34. The molecule has 1 atom stereocenters. The van der Waals surface area contributed by atoms with Gasteiger partial charge in [0.1, 0.15) is 11.7 Å². The molecule has 1 heterocycles. The highest BCUT2D eigenvalue weighted by Gasteiger charge is 2.25. The molecule has 2 aromatic carbocycles. The zero-order chi connectivity index (χ0) is 24.0. The minimum atomic E-state index is -1.12. The van der Waals surface area contributed by atoms with E-state index in [1.165, 1.54) is 6.07 Å². The smallest absolute Gasteiger partial charge is 0.326 e. The predicted octanol–water partition coefficient (Wildman–Crippen LogP) is 4.55. The number of carbonyl (C=O) groups is 3. The Morgan fingerprint density at radius 1 is 0.970 bits per heavy atom. The van der Waals surface area contributed by atoms with Crippen LogP contribution >= 0.6 is 11.8 Å². The number of anilines is 2. The standard InChI is InChI=1S/C23H24N4O5S/c1-13(2)20(22(29)30)26-21(28)19-12-18(27-32-19)14-4-6-15(7-5-14)24-23(31)25-16-8-10-17(33-3)11-9-16/h4-13,20H,1-3H3,(H,26,28)(H,29,30)(H2,24,25,31)/t20-/m0/s1. The number of nitrogens with zero attached hydrogens (tertiary/aromatic N) is 1. The van der Waals surface area contributed by atoms with Crippen LogP contribution in [0, 0.1) is 5.92 Å². The van der Waals surface area contributed by atoms with Gasteiger partial charge in [0.05, 0.1) is 0 Å². The number of benzene rings is 2. The Morgan fingerprint density at radius 2 is 1.55 bits per heavy atom. The maximum absolute atomic E-state index is 12.3. The SMILES string of the molecule is CSc1ccc(NC(=O)Nc2ccc(-c3cc(C(=O)N[C@H](C(=O)O)C(C)C)on3)cc2)cc1. The van der Waals surface area contributed by atoms with Crippen LogP contribution in [0.2, 0.25) is 0 Å². The first-order valence-electron chi connectivity index (χ1n) is 10.1. The average molecular weight is 469 g/mol. The molecule has 1 aromatic heterocycles. The normalized spacial score (nSPS) is 11.6. The Hall–Kier alpha value is -3.79. The fraction of sp³-hybridized carbons (Fsp3) is 0.217. The van der Waals surface area contributed by atoms with Gasteiger partial charge in [-0.25, -0.2) is 9.59 Å². The summed E-state index contributed by atoms with van der Waals surface area (Å²) in [6.07, 6.45) is 1.98. The average Bonchev–Trinajstić information content (AvgIpc) is 3.28. The largest absolute Gasteiger partial charge is 0.480 e. The van der Waals surface area contributed by atoms with Crippen LogP contribution in [-0.4, -0.2) is 40.5 Å². The first kappa shape index (κ1) is 23.9. The van der Waals surface area contributed by atoms with Crippen molar-refractivity contribution < 1.29 is 24.0 Å². The van der Waals surface area contributed by atoms with Gasteiger partial charge in [-0.1, -0.05) is 31.1 Å². The van der Waals surface area contributed by atoms with E-state index >= 15 is 0 Å². The summed E-state index contributed by atoms with van der Waals surface area (Å²) in [5.74, 6) is -2.16. The topological polar surface area (TPSA) is 134 Å². The predicted molar refractivity (Wildman–Crippen MR) is 127 cm³/mol. The number of aromatic nitrogens is 1. The molecule has 0 bridgehead atoms. The van der Waals surface area contributed by atoms with Crippen molar-refractivity contribution >= 4 is 41.0 Å². The molecule has 4 N–H and O–H groups in total. The summed E-state index contributed by atoms with van der Waals surface area (Å²) < 4.78 is 5.08. The van der Waals surface area contributed by atoms with E-state index in [1.54, 1.807) is 49.9 Å². The van der Waals surface area contributed by atoms with Crippen LogP contribution in [0.25, 0.3) is 11.3 Å². The van der Waals surface area contributed by atoms with Gasteiger partial charge in [0.15, 0.2) is 0 Å². The lowest BCUT2D eigenvalue weighted by molar-refractivity contribution is -0.140. The molecular formula is C23H24N4O5S. The molecule has 0 radical (unpaired) electrons. The number of thioether (sulfide) groups is 1. The fourth-order valence-electron chi connectivity index (χ4n) is 2.94. The van der Waals surface area contributed by atoms with Crippen molar-refractivity contribution in [3.8, 4) is 11.3 Å². The Balaban J connectivity index is 1.60. The first-order valence-corrected chi connectivity index (χ1v) is 11.3. The number of carbonyl (C=O) groups excluding carboxylic acids is 2. The van der Waals surface area contributed by atoms with E-state index in [1.807, 2.05) is 30.5 Å². The molecule has 172 valence electrons. The van der Waals surface area contributed by atoms with Crippen molar-refractivity contribution in [3.05, 3.63) is 60.4 Å². The number of rotatable bonds is 8. The highest BCUT2D eigenvalue weighted by Crippen LogP contribution is 2.22. The Labute approximate surface area is 194 Å². The second kappa shape index (κ2) is 10.7. The molecule has 0 aliphatic rings. The minimum Gasteiger partial charge on any atom is -0.480 e. The number of amides is 3. The summed E-state index contributed by atoms with van der Waals surface area (Å²) in [4.78, 5) is 36.9. The summed E-state index contributed by atoms with van der Waals surface area (Å²) in [6.45, 7) is 3.39. The van der Waals surface area contributed by atoms with E-state index in [0.29, 0.717) is 22.6 Å². The Kier molecular flexibility index (Phi) is 7.73. The summed E-state index contributed by atoms with van der Waals surface area (Å²) >= 11 is 1.62. The van der Waals surface area contributed by atoms with Crippen LogP contribution in [0.1, 0.15) is 24.4 Å². The lowest BCUT2D eigenvalue weighted by atomic mass is 10.0. The maximum atomic E-state index is 12.3. The molecule has 9 nitrogen and oxygen atoms in total. The molecule has 0 aliphatic carbocycles. The van der Waals surface area contributed by atoms with Gasteiger partial charge in [-0.3, -0.25) is 4.79 Å². The summed E-state index contributed by atoms with van der Waals surface area (Å²) in [6, 6.07) is 14.3. The number of hydrogen-bond donors (Lipinski definition) is 4. The number of carboxylic acid groups (broad SMARTS) is 1. The Bertz CT molecular complexity index is 1130. The quantitative estimate of drug-likeness (QED) is 0.356. The Morgan fingerprint density at radius 3 is 2.06 bits per heavy atom. The number of nitrogens with one attached hydrogen (secondary N) is 3. The van der Waals surface area contributed by atoms with Crippen molar-refractivity contribution in [2.24, 2.45) is 5.92 Å². The third-order valence-electron chi connectivity index (χ3n) is 4.74. The highest BCUT2D eigenvalue weighted by atomic mass is 32.2. The molecule has 3 amide bonds. The van der Waals surface area contributed by atoms with Gasteiger partial charge in [0.25, 0.3) is 5.91 Å². The van der Waals surface area contributed by atoms with Gasteiger partial charge in [-0.2, -0.15) is 0 Å². The third kappa shape index (κ3) is 6.36. The van der Waals surface area contributed by atoms with Gasteiger partial charge >= 0.3 is 12.0 Å². The van der Waals surface area contributed by atoms with E-state index in [0.717, 1.165) is 4.90 Å². The molecule has 0 unspecified atom stereocenters. The zero-order valence-corrected chi connectivity index (χ0v) is 19.1. The molecule has 3 aromatic rings. The molecule has 0 spiro atoms. The van der Waals surface area contributed by atoms with Crippen molar-refractivity contribution in [3.63, 3.8) is 0 Å². The van der Waals surface area contributed by atoms with Crippen LogP contribution in [0.3, 0.4) is 0 Å². The third-order valence-corrected chi connectivity index (χ3v) is 5.48. The van der Waals surface area contributed by atoms with Gasteiger partial charge < -0.3 is 25.6 Å². The molecule has 0 fully saturated rings. The molecule has 33 heavy (non-hydrogen) atoms. The monoisotopic (exact) mass is 468 g/mol. The summed E-state index contributed by atoms with van der Waals surface area (Å²) in [5.41, 5.74) is 2.31. The van der Waals surface area contributed by atoms with Gasteiger partial charge in [0.2, 0.25) is 5.76 Å². The van der Waals surface area contributed by atoms with Crippen LogP contribution < -0.4 is 16.0 Å². The molecule has 0 aliphatic heterocycles. The van der Waals surface area contributed by atoms with Crippen molar-refractivity contribution in [2.75, 3.05) is 16.9 Å². The summed E-state index contributed by atoms with van der Waals surface area (Å²) in [7, 11) is 0. The molecule has 3 rings (SSSR count). The van der Waals surface area contributed by atoms with Gasteiger partial charge in [-0.15, -0.1) is 11.8 Å². The number of aliphatic carboxylic acids is 1. The van der Waals surface area contributed by atoms with Crippen LogP contribution in [-0.2, 0) is 4.79 Å². The second-order valence-corrected chi connectivity index (χ2v) is 8.37. The van der Waals surface area contributed by atoms with Crippen molar-refractivity contribution in [1.29, 1.82) is 0 Å². The second-order valence-electron chi connectivity index (χ2n) is 7.49. The lowest BCUT2D eigenvalue weighted by Crippen LogP contribution is -2.44. The summed E-state index contributed by atoms with van der Waals surface area (Å²) in [5, 5.41) is 21.0. The van der Waals surface area contributed by atoms with Crippen molar-refractivity contribution in [1.82, 2.24) is 10.5 Å². The van der Waals surface area contributed by atoms with E-state index in [-0.39, 0.29) is 17.7 Å². The molecule has 0 saturated heterocycles. The van der Waals surface area contributed by atoms with E-state index in [2.05, 4.69) is 21.1 Å². The van der Waals surface area contributed by atoms with E-state index in [4.69, 9.17) is 4.52 Å².